The van der Waals surface area contributed by atoms with Gasteiger partial charge in [0.05, 0.1) is 6.61 Å². The Hall–Kier alpha value is -2.63. The highest BCUT2D eigenvalue weighted by Gasteiger charge is 2.21. The quantitative estimate of drug-likeness (QED) is 0.790. The predicted octanol–water partition coefficient (Wildman–Crippen LogP) is 3.08. The first-order chi connectivity index (χ1) is 11.6. The normalized spacial score (nSPS) is 13.5. The monoisotopic (exact) mass is 331 g/mol. The van der Waals surface area contributed by atoms with Crippen LogP contribution < -0.4 is 4.74 Å². The van der Waals surface area contributed by atoms with Crippen LogP contribution >= 0.6 is 0 Å². The fourth-order valence-electron chi connectivity index (χ4n) is 2.86. The van der Waals surface area contributed by atoms with Crippen LogP contribution in [0.2, 0.25) is 0 Å². The summed E-state index contributed by atoms with van der Waals surface area (Å²) in [6.45, 7) is 1.61. The number of esters is 1. The lowest BCUT2D eigenvalue weighted by atomic mass is 9.97. The van der Waals surface area contributed by atoms with Gasteiger partial charge in [0.25, 0.3) is 0 Å². The Kier molecular flexibility index (Phi) is 4.64. The number of Topliss-reactive ketones (excluding diaryl/α,β-unsaturated/α-hetero) is 1. The number of fused-ring (bicyclic) bond motifs is 1. The molecule has 5 nitrogen and oxygen atoms in total. The van der Waals surface area contributed by atoms with Gasteiger partial charge in [0, 0.05) is 35.6 Å². The highest BCUT2D eigenvalue weighted by Crippen LogP contribution is 2.27. The first-order valence-electron chi connectivity index (χ1n) is 7.92. The molecule has 126 valence electrons. The molecule has 3 rings (SSSR count). The molecular formula is C18H18FNO4. The van der Waals surface area contributed by atoms with Crippen LogP contribution in [-0.4, -0.2) is 29.5 Å². The van der Waals surface area contributed by atoms with Crippen molar-refractivity contribution in [1.29, 1.82) is 0 Å². The number of nitrogens with zero attached hydrogens (tertiary/aromatic N) is 1. The highest BCUT2D eigenvalue weighted by atomic mass is 19.1. The first-order valence-corrected chi connectivity index (χ1v) is 7.92. The maximum absolute atomic E-state index is 14.2. The van der Waals surface area contributed by atoms with Crippen LogP contribution in [0.25, 0.3) is 5.69 Å². The molecular weight excluding hydrogens is 313 g/mol. The minimum atomic E-state index is -0.568. The van der Waals surface area contributed by atoms with Gasteiger partial charge in [-0.1, -0.05) is 0 Å². The summed E-state index contributed by atoms with van der Waals surface area (Å²) < 4.78 is 25.9. The second kappa shape index (κ2) is 6.86. The zero-order valence-corrected chi connectivity index (χ0v) is 13.4. The van der Waals surface area contributed by atoms with Crippen LogP contribution in [0.15, 0.2) is 30.5 Å². The van der Waals surface area contributed by atoms with Gasteiger partial charge in [0.15, 0.2) is 24.0 Å². The van der Waals surface area contributed by atoms with Crippen LogP contribution in [0.4, 0.5) is 4.39 Å². The third-order valence-electron chi connectivity index (χ3n) is 3.95. The van der Waals surface area contributed by atoms with Crippen LogP contribution in [0.3, 0.4) is 0 Å². The average molecular weight is 331 g/mol. The van der Waals surface area contributed by atoms with E-state index in [1.54, 1.807) is 25.3 Å². The number of benzene rings is 1. The Bertz CT molecular complexity index is 781. The van der Waals surface area contributed by atoms with Gasteiger partial charge in [-0.15, -0.1) is 0 Å². The van der Waals surface area contributed by atoms with Crippen LogP contribution in [0.1, 0.15) is 35.8 Å². The minimum absolute atomic E-state index is 0.0103. The second-order valence-electron chi connectivity index (χ2n) is 5.53. The summed E-state index contributed by atoms with van der Waals surface area (Å²) in [4.78, 5) is 23.2. The molecule has 0 spiro atoms. The first kappa shape index (κ1) is 16.2. The molecule has 0 atom stereocenters. The number of halogens is 1. The summed E-state index contributed by atoms with van der Waals surface area (Å²) in [7, 11) is 0. The number of carbonyl (C=O) groups is 2. The third-order valence-corrected chi connectivity index (χ3v) is 3.95. The smallest absolute Gasteiger partial charge is 0.344 e. The fraction of sp³-hybridized carbons (Fsp3) is 0.333. The molecule has 0 saturated carbocycles. The Labute approximate surface area is 139 Å². The van der Waals surface area contributed by atoms with Gasteiger partial charge < -0.3 is 14.0 Å². The predicted molar refractivity (Wildman–Crippen MR) is 85.1 cm³/mol. The Morgan fingerprint density at radius 1 is 1.29 bits per heavy atom. The molecule has 1 heterocycles. The summed E-state index contributed by atoms with van der Waals surface area (Å²) in [6.07, 6.45) is 3.93. The van der Waals surface area contributed by atoms with E-state index in [1.807, 2.05) is 4.57 Å². The van der Waals surface area contributed by atoms with Gasteiger partial charge in [-0.05, 0) is 38.0 Å². The van der Waals surface area contributed by atoms with E-state index in [9.17, 15) is 14.0 Å². The molecule has 1 aromatic carbocycles. The molecule has 0 N–H and O–H groups in total. The largest absolute Gasteiger partial charge is 0.479 e. The molecule has 0 saturated heterocycles. The van der Waals surface area contributed by atoms with Crippen LogP contribution in [0, 0.1) is 5.82 Å². The van der Waals surface area contributed by atoms with Gasteiger partial charge in [-0.25, -0.2) is 9.18 Å². The molecule has 0 bridgehead atoms. The van der Waals surface area contributed by atoms with Crippen molar-refractivity contribution in [3.8, 4) is 11.4 Å². The number of aromatic nitrogens is 1. The second-order valence-corrected chi connectivity index (χ2v) is 5.53. The van der Waals surface area contributed by atoms with E-state index < -0.39 is 11.8 Å². The van der Waals surface area contributed by atoms with E-state index in [-0.39, 0.29) is 24.7 Å². The van der Waals surface area contributed by atoms with Crippen molar-refractivity contribution >= 4 is 11.8 Å². The Morgan fingerprint density at radius 3 is 2.88 bits per heavy atom. The number of ketones is 1. The van der Waals surface area contributed by atoms with Crippen molar-refractivity contribution in [2.24, 2.45) is 0 Å². The van der Waals surface area contributed by atoms with Crippen molar-refractivity contribution in [3.05, 3.63) is 47.5 Å². The molecule has 2 aromatic rings. The zero-order chi connectivity index (χ0) is 17.1. The van der Waals surface area contributed by atoms with E-state index in [1.165, 1.54) is 12.1 Å². The maximum Gasteiger partial charge on any atom is 0.344 e. The molecule has 0 fully saturated rings. The lowest BCUT2D eigenvalue weighted by molar-refractivity contribution is -0.145. The number of hydrogen-bond donors (Lipinski definition) is 0. The molecule has 0 radical (unpaired) electrons. The standard InChI is InChI=1S/C18H18FNO4/c1-2-23-18(22)11-24-17-7-6-12(10-14(17)19)20-9-8-13-15(20)4-3-5-16(13)21/h6-10H,2-5,11H2,1H3. The fourth-order valence-corrected chi connectivity index (χ4v) is 2.86. The van der Waals surface area contributed by atoms with Crippen LogP contribution in [-0.2, 0) is 16.0 Å². The van der Waals surface area contributed by atoms with Gasteiger partial charge in [-0.3, -0.25) is 4.79 Å². The van der Waals surface area contributed by atoms with Gasteiger partial charge in [-0.2, -0.15) is 0 Å². The van der Waals surface area contributed by atoms with Crippen molar-refractivity contribution in [1.82, 2.24) is 4.57 Å². The lowest BCUT2D eigenvalue weighted by Crippen LogP contribution is -2.15. The summed E-state index contributed by atoms with van der Waals surface area (Å²) in [5, 5.41) is 0. The molecule has 0 amide bonds. The molecule has 1 aliphatic rings. The van der Waals surface area contributed by atoms with E-state index in [0.717, 1.165) is 18.5 Å². The molecule has 0 unspecified atom stereocenters. The summed E-state index contributed by atoms with van der Waals surface area (Å²) in [5.74, 6) is -0.992. The number of carbonyl (C=O) groups excluding carboxylic acids is 2. The van der Waals surface area contributed by atoms with E-state index in [4.69, 9.17) is 9.47 Å². The number of hydrogen-bond acceptors (Lipinski definition) is 4. The topological polar surface area (TPSA) is 57.5 Å². The molecule has 1 aliphatic carbocycles. The van der Waals surface area contributed by atoms with E-state index in [0.29, 0.717) is 17.7 Å². The number of ether oxygens (including phenoxy) is 2. The van der Waals surface area contributed by atoms with Gasteiger partial charge >= 0.3 is 5.97 Å². The Morgan fingerprint density at radius 2 is 2.12 bits per heavy atom. The summed E-state index contributed by atoms with van der Waals surface area (Å²) >= 11 is 0. The number of rotatable bonds is 5. The van der Waals surface area contributed by atoms with Crippen molar-refractivity contribution < 1.29 is 23.5 Å². The van der Waals surface area contributed by atoms with Gasteiger partial charge in [0.2, 0.25) is 0 Å². The zero-order valence-electron chi connectivity index (χ0n) is 13.4. The Balaban J connectivity index is 1.80. The molecule has 24 heavy (non-hydrogen) atoms. The van der Waals surface area contributed by atoms with Crippen molar-refractivity contribution in [2.45, 2.75) is 26.2 Å². The maximum atomic E-state index is 14.2. The average Bonchev–Trinajstić information content (AvgIpc) is 2.99. The minimum Gasteiger partial charge on any atom is -0.479 e. The van der Waals surface area contributed by atoms with Crippen molar-refractivity contribution in [3.63, 3.8) is 0 Å². The van der Waals surface area contributed by atoms with E-state index in [2.05, 4.69) is 0 Å². The van der Waals surface area contributed by atoms with Crippen LogP contribution in [0.5, 0.6) is 5.75 Å². The SMILES string of the molecule is CCOC(=O)COc1ccc(-n2ccc3c2CCCC3=O)cc1F. The van der Waals surface area contributed by atoms with Gasteiger partial charge in [0.1, 0.15) is 0 Å². The molecule has 6 heteroatoms. The summed E-state index contributed by atoms with van der Waals surface area (Å²) in [5.41, 5.74) is 2.24. The summed E-state index contributed by atoms with van der Waals surface area (Å²) in [6, 6.07) is 6.28. The lowest BCUT2D eigenvalue weighted by Gasteiger charge is -2.15. The van der Waals surface area contributed by atoms with Crippen molar-refractivity contribution in [2.75, 3.05) is 13.2 Å². The molecule has 1 aromatic heterocycles. The van der Waals surface area contributed by atoms with E-state index >= 15 is 0 Å². The third kappa shape index (κ3) is 3.18. The highest BCUT2D eigenvalue weighted by molar-refractivity contribution is 5.98. The molecule has 0 aliphatic heterocycles.